The first-order valence-electron chi connectivity index (χ1n) is 8.65. The Labute approximate surface area is 143 Å². The number of carbonyl (C=O) groups is 1. The van der Waals surface area contributed by atoms with Crippen molar-refractivity contribution in [3.63, 3.8) is 0 Å². The van der Waals surface area contributed by atoms with E-state index in [1.54, 1.807) is 6.07 Å². The van der Waals surface area contributed by atoms with Crippen LogP contribution in [0, 0.1) is 6.92 Å². The zero-order valence-corrected chi connectivity index (χ0v) is 14.2. The number of benzene rings is 1. The van der Waals surface area contributed by atoms with Gasteiger partial charge in [-0.25, -0.2) is 0 Å². The van der Waals surface area contributed by atoms with Crippen LogP contribution in [-0.4, -0.2) is 29.2 Å². The van der Waals surface area contributed by atoms with Crippen LogP contribution >= 0.6 is 0 Å². The van der Waals surface area contributed by atoms with E-state index in [9.17, 15) is 4.79 Å². The second-order valence-corrected chi connectivity index (χ2v) is 6.35. The highest BCUT2D eigenvalue weighted by Gasteiger charge is 2.13. The SMILES string of the molecule is Cc1cccc(CNC(=O)c2ccc(N3CCCCCC3)nn2)c1. The zero-order chi connectivity index (χ0) is 16.8. The fraction of sp³-hybridized carbons (Fsp3) is 0.421. The van der Waals surface area contributed by atoms with Crippen LogP contribution in [0.2, 0.25) is 0 Å². The monoisotopic (exact) mass is 324 g/mol. The average Bonchev–Trinajstić information content (AvgIpc) is 2.89. The van der Waals surface area contributed by atoms with Gasteiger partial charge in [-0.15, -0.1) is 10.2 Å². The normalized spacial score (nSPS) is 15.0. The summed E-state index contributed by atoms with van der Waals surface area (Å²) < 4.78 is 0. The van der Waals surface area contributed by atoms with Crippen molar-refractivity contribution in [3.05, 3.63) is 53.2 Å². The Kier molecular flexibility index (Phi) is 5.41. The molecular formula is C19H24N4O. The van der Waals surface area contributed by atoms with Crippen LogP contribution in [0.4, 0.5) is 5.82 Å². The standard InChI is InChI=1S/C19H24N4O/c1-15-7-6-8-16(13-15)14-20-19(24)17-9-10-18(22-21-17)23-11-4-2-3-5-12-23/h6-10,13H,2-5,11-12,14H2,1H3,(H,20,24). The first kappa shape index (κ1) is 16.4. The minimum Gasteiger partial charge on any atom is -0.355 e. The molecule has 126 valence electrons. The molecule has 2 aromatic rings. The molecule has 1 aliphatic rings. The summed E-state index contributed by atoms with van der Waals surface area (Å²) in [4.78, 5) is 14.5. The number of rotatable bonds is 4. The molecule has 1 fully saturated rings. The topological polar surface area (TPSA) is 58.1 Å². The molecule has 3 rings (SSSR count). The lowest BCUT2D eigenvalue weighted by molar-refractivity contribution is 0.0945. The minimum absolute atomic E-state index is 0.188. The summed E-state index contributed by atoms with van der Waals surface area (Å²) in [5, 5.41) is 11.3. The highest BCUT2D eigenvalue weighted by atomic mass is 16.1. The number of aromatic nitrogens is 2. The number of carbonyl (C=O) groups excluding carboxylic acids is 1. The van der Waals surface area contributed by atoms with Gasteiger partial charge in [0.2, 0.25) is 0 Å². The Hall–Kier alpha value is -2.43. The molecule has 1 aromatic heterocycles. The molecule has 0 aliphatic carbocycles. The Bertz CT molecular complexity index is 676. The largest absolute Gasteiger partial charge is 0.355 e. The summed E-state index contributed by atoms with van der Waals surface area (Å²) in [6, 6.07) is 11.8. The van der Waals surface area contributed by atoms with Crippen molar-refractivity contribution >= 4 is 11.7 Å². The minimum atomic E-state index is -0.188. The number of nitrogens with one attached hydrogen (secondary N) is 1. The summed E-state index contributed by atoms with van der Waals surface area (Å²) in [6.07, 6.45) is 4.95. The first-order valence-corrected chi connectivity index (χ1v) is 8.65. The lowest BCUT2D eigenvalue weighted by Crippen LogP contribution is -2.27. The molecule has 1 N–H and O–H groups in total. The number of aryl methyl sites for hydroxylation is 1. The Morgan fingerprint density at radius 2 is 1.88 bits per heavy atom. The Morgan fingerprint density at radius 3 is 2.54 bits per heavy atom. The number of hydrogen-bond donors (Lipinski definition) is 1. The second-order valence-electron chi connectivity index (χ2n) is 6.35. The predicted octanol–water partition coefficient (Wildman–Crippen LogP) is 3.10. The van der Waals surface area contributed by atoms with E-state index in [0.717, 1.165) is 24.5 Å². The maximum Gasteiger partial charge on any atom is 0.272 e. The third kappa shape index (κ3) is 4.31. The van der Waals surface area contributed by atoms with Gasteiger partial charge in [0.1, 0.15) is 0 Å². The highest BCUT2D eigenvalue weighted by Crippen LogP contribution is 2.16. The van der Waals surface area contributed by atoms with Gasteiger partial charge in [-0.3, -0.25) is 4.79 Å². The van der Waals surface area contributed by atoms with Crippen molar-refractivity contribution < 1.29 is 4.79 Å². The van der Waals surface area contributed by atoms with Gasteiger partial charge in [0, 0.05) is 19.6 Å². The van der Waals surface area contributed by atoms with Gasteiger partial charge in [0.15, 0.2) is 11.5 Å². The molecule has 0 bridgehead atoms. The highest BCUT2D eigenvalue weighted by molar-refractivity contribution is 5.92. The molecule has 0 radical (unpaired) electrons. The van der Waals surface area contributed by atoms with E-state index < -0.39 is 0 Å². The molecule has 1 aromatic carbocycles. The summed E-state index contributed by atoms with van der Waals surface area (Å²) in [5.74, 6) is 0.679. The van der Waals surface area contributed by atoms with Crippen molar-refractivity contribution in [2.45, 2.75) is 39.2 Å². The number of amides is 1. The predicted molar refractivity (Wildman–Crippen MR) is 95.1 cm³/mol. The van der Waals surface area contributed by atoms with Gasteiger partial charge in [-0.1, -0.05) is 42.7 Å². The van der Waals surface area contributed by atoms with Gasteiger partial charge in [-0.05, 0) is 37.5 Å². The lowest BCUT2D eigenvalue weighted by Gasteiger charge is -2.20. The molecule has 5 heteroatoms. The van der Waals surface area contributed by atoms with E-state index in [4.69, 9.17) is 0 Å². The van der Waals surface area contributed by atoms with Crippen molar-refractivity contribution in [3.8, 4) is 0 Å². The molecule has 0 spiro atoms. The van der Waals surface area contributed by atoms with E-state index in [-0.39, 0.29) is 5.91 Å². The summed E-state index contributed by atoms with van der Waals surface area (Å²) in [7, 11) is 0. The van der Waals surface area contributed by atoms with Gasteiger partial charge < -0.3 is 10.2 Å². The second kappa shape index (κ2) is 7.90. The van der Waals surface area contributed by atoms with Gasteiger partial charge in [-0.2, -0.15) is 0 Å². The Morgan fingerprint density at radius 1 is 1.08 bits per heavy atom. The molecule has 0 atom stereocenters. The van der Waals surface area contributed by atoms with Crippen LogP contribution in [0.5, 0.6) is 0 Å². The van der Waals surface area contributed by atoms with Crippen LogP contribution in [0.1, 0.15) is 47.3 Å². The summed E-state index contributed by atoms with van der Waals surface area (Å²) in [5.41, 5.74) is 2.63. The molecule has 1 amide bonds. The molecule has 2 heterocycles. The smallest absolute Gasteiger partial charge is 0.272 e. The van der Waals surface area contributed by atoms with Crippen molar-refractivity contribution in [2.75, 3.05) is 18.0 Å². The molecule has 0 unspecified atom stereocenters. The quantitative estimate of drug-likeness (QED) is 0.939. The zero-order valence-electron chi connectivity index (χ0n) is 14.2. The van der Waals surface area contributed by atoms with Crippen molar-refractivity contribution in [1.29, 1.82) is 0 Å². The van der Waals surface area contributed by atoms with Crippen LogP contribution < -0.4 is 10.2 Å². The lowest BCUT2D eigenvalue weighted by atomic mass is 10.1. The fourth-order valence-corrected chi connectivity index (χ4v) is 3.01. The van der Waals surface area contributed by atoms with E-state index in [1.807, 2.05) is 31.2 Å². The summed E-state index contributed by atoms with van der Waals surface area (Å²) >= 11 is 0. The number of anilines is 1. The average molecular weight is 324 g/mol. The molecule has 1 aliphatic heterocycles. The first-order chi connectivity index (χ1) is 11.7. The van der Waals surface area contributed by atoms with E-state index in [1.165, 1.54) is 31.2 Å². The van der Waals surface area contributed by atoms with Gasteiger partial charge >= 0.3 is 0 Å². The van der Waals surface area contributed by atoms with Gasteiger partial charge in [0.05, 0.1) is 0 Å². The van der Waals surface area contributed by atoms with E-state index in [2.05, 4.69) is 26.5 Å². The van der Waals surface area contributed by atoms with Crippen molar-refractivity contribution in [1.82, 2.24) is 15.5 Å². The van der Waals surface area contributed by atoms with Gasteiger partial charge in [0.25, 0.3) is 5.91 Å². The fourth-order valence-electron chi connectivity index (χ4n) is 3.01. The number of nitrogens with zero attached hydrogens (tertiary/aromatic N) is 3. The Balaban J connectivity index is 1.59. The molecular weight excluding hydrogens is 300 g/mol. The number of hydrogen-bond acceptors (Lipinski definition) is 4. The van der Waals surface area contributed by atoms with Crippen molar-refractivity contribution in [2.24, 2.45) is 0 Å². The van der Waals surface area contributed by atoms with Crippen LogP contribution in [0.25, 0.3) is 0 Å². The third-order valence-corrected chi connectivity index (χ3v) is 4.35. The molecule has 0 saturated carbocycles. The summed E-state index contributed by atoms with van der Waals surface area (Å²) in [6.45, 7) is 4.58. The third-order valence-electron chi connectivity index (χ3n) is 4.35. The van der Waals surface area contributed by atoms with Crippen LogP contribution in [0.3, 0.4) is 0 Å². The maximum atomic E-state index is 12.2. The molecule has 1 saturated heterocycles. The maximum absolute atomic E-state index is 12.2. The van der Waals surface area contributed by atoms with Crippen LogP contribution in [-0.2, 0) is 6.54 Å². The van der Waals surface area contributed by atoms with E-state index >= 15 is 0 Å². The molecule has 5 nitrogen and oxygen atoms in total. The molecule has 24 heavy (non-hydrogen) atoms. The van der Waals surface area contributed by atoms with E-state index in [0.29, 0.717) is 12.2 Å². The van der Waals surface area contributed by atoms with Crippen LogP contribution in [0.15, 0.2) is 36.4 Å².